The fourth-order valence-corrected chi connectivity index (χ4v) is 4.48. The van der Waals surface area contributed by atoms with E-state index in [1.807, 2.05) is 65.6 Å². The number of ether oxygens (including phenoxy) is 4. The summed E-state index contributed by atoms with van der Waals surface area (Å²) in [4.78, 5) is 25.0. The number of rotatable bonds is 15. The van der Waals surface area contributed by atoms with Crippen molar-refractivity contribution in [1.82, 2.24) is 5.32 Å². The summed E-state index contributed by atoms with van der Waals surface area (Å²) in [5, 5.41) is 3.00. The molecular weight excluding hydrogens is 745 g/mol. The maximum Gasteiger partial charge on any atom is 0.307 e. The number of carbonyl (C=O) groups excluding carboxylic acids is 2. The molecule has 0 unspecified atom stereocenters. The average molecular weight is 791 g/mol. The highest BCUT2D eigenvalue weighted by atomic mass is 127. The SMILES string of the molecule is CCOC(=O)C[C@H](N)c1ccc(OCc2ccccc2)c(F)c1.CCOC(=O)C[C@H](NC)c1ccc(OCc2ccccc2)c(F)c1.CI. The van der Waals surface area contributed by atoms with E-state index in [4.69, 9.17) is 24.7 Å². The van der Waals surface area contributed by atoms with Crippen molar-refractivity contribution in [2.75, 3.05) is 25.2 Å². The van der Waals surface area contributed by atoms with E-state index in [1.165, 1.54) is 18.2 Å². The second-order valence-corrected chi connectivity index (χ2v) is 10.4. The minimum absolute atomic E-state index is 0.0114. The Morgan fingerprint density at radius 1 is 0.694 bits per heavy atom. The van der Waals surface area contributed by atoms with E-state index in [2.05, 4.69) is 27.9 Å². The van der Waals surface area contributed by atoms with E-state index in [9.17, 15) is 18.4 Å². The second kappa shape index (κ2) is 23.3. The van der Waals surface area contributed by atoms with Gasteiger partial charge in [-0.15, -0.1) is 0 Å². The molecule has 0 aliphatic heterocycles. The zero-order valence-electron chi connectivity index (χ0n) is 28.3. The van der Waals surface area contributed by atoms with Gasteiger partial charge in [0.05, 0.1) is 26.1 Å². The number of esters is 2. The van der Waals surface area contributed by atoms with Crippen LogP contribution in [0, 0.1) is 11.6 Å². The van der Waals surface area contributed by atoms with Crippen molar-refractivity contribution in [2.45, 2.75) is 52.0 Å². The Morgan fingerprint density at radius 3 is 1.55 bits per heavy atom. The van der Waals surface area contributed by atoms with Crippen LogP contribution in [0.25, 0.3) is 0 Å². The van der Waals surface area contributed by atoms with Gasteiger partial charge >= 0.3 is 11.9 Å². The Hall–Kier alpha value is -4.07. The maximum atomic E-state index is 14.3. The molecule has 0 amide bonds. The van der Waals surface area contributed by atoms with Crippen LogP contribution in [-0.2, 0) is 32.3 Å². The Balaban J connectivity index is 0.000000324. The molecule has 0 aromatic heterocycles. The van der Waals surface area contributed by atoms with Crippen LogP contribution in [0.5, 0.6) is 11.5 Å². The monoisotopic (exact) mass is 790 g/mol. The molecule has 4 aromatic rings. The minimum Gasteiger partial charge on any atom is -0.486 e. The first-order chi connectivity index (χ1) is 23.7. The molecule has 3 N–H and O–H groups in total. The molecule has 0 heterocycles. The van der Waals surface area contributed by atoms with Crippen molar-refractivity contribution < 1.29 is 37.3 Å². The molecule has 0 bridgehead atoms. The molecule has 4 aromatic carbocycles. The highest BCUT2D eigenvalue weighted by Gasteiger charge is 2.18. The van der Waals surface area contributed by atoms with Gasteiger partial charge in [-0.2, -0.15) is 0 Å². The van der Waals surface area contributed by atoms with E-state index in [-0.39, 0.29) is 43.0 Å². The van der Waals surface area contributed by atoms with Gasteiger partial charge in [0.25, 0.3) is 0 Å². The van der Waals surface area contributed by atoms with E-state index in [0.717, 1.165) is 11.1 Å². The number of nitrogens with two attached hydrogens (primary N) is 1. The van der Waals surface area contributed by atoms with Gasteiger partial charge in [0.15, 0.2) is 23.1 Å². The average Bonchev–Trinajstić information content (AvgIpc) is 3.11. The summed E-state index contributed by atoms with van der Waals surface area (Å²) in [7, 11) is 1.72. The Bertz CT molecular complexity index is 1550. The quantitative estimate of drug-likeness (QED) is 0.0709. The number of hydrogen-bond acceptors (Lipinski definition) is 8. The molecule has 0 radical (unpaired) electrons. The van der Waals surface area contributed by atoms with Gasteiger partial charge in [-0.3, -0.25) is 9.59 Å². The number of hydrogen-bond donors (Lipinski definition) is 2. The molecule has 0 fully saturated rings. The van der Waals surface area contributed by atoms with Crippen molar-refractivity contribution in [3.8, 4) is 11.5 Å². The van der Waals surface area contributed by atoms with Gasteiger partial charge in [-0.05, 0) is 72.3 Å². The molecule has 0 spiro atoms. The second-order valence-electron chi connectivity index (χ2n) is 10.4. The Kier molecular flexibility index (Phi) is 19.6. The molecule has 0 saturated carbocycles. The predicted molar refractivity (Wildman–Crippen MR) is 196 cm³/mol. The zero-order valence-corrected chi connectivity index (χ0v) is 30.5. The molecule has 0 saturated heterocycles. The molecule has 0 aliphatic rings. The van der Waals surface area contributed by atoms with Crippen molar-refractivity contribution in [3.63, 3.8) is 0 Å². The summed E-state index contributed by atoms with van der Waals surface area (Å²) >= 11 is 2.15. The third kappa shape index (κ3) is 14.9. The zero-order chi connectivity index (χ0) is 36.0. The van der Waals surface area contributed by atoms with Gasteiger partial charge in [0, 0.05) is 12.1 Å². The number of alkyl halides is 1. The number of benzene rings is 4. The van der Waals surface area contributed by atoms with Crippen LogP contribution in [0.3, 0.4) is 0 Å². The number of carbonyl (C=O) groups is 2. The highest BCUT2D eigenvalue weighted by molar-refractivity contribution is 14.1. The van der Waals surface area contributed by atoms with Gasteiger partial charge in [0.1, 0.15) is 13.2 Å². The number of halogens is 3. The first-order valence-electron chi connectivity index (χ1n) is 15.8. The lowest BCUT2D eigenvalue weighted by molar-refractivity contribution is -0.144. The van der Waals surface area contributed by atoms with Crippen LogP contribution in [0.4, 0.5) is 8.78 Å². The fraction of sp³-hybridized carbons (Fsp3) is 0.316. The minimum atomic E-state index is -0.605. The summed E-state index contributed by atoms with van der Waals surface area (Å²) in [6, 6.07) is 27.4. The molecular formula is C38H45F2IN2O6. The van der Waals surface area contributed by atoms with Gasteiger partial charge in [-0.25, -0.2) is 8.78 Å². The molecule has 49 heavy (non-hydrogen) atoms. The van der Waals surface area contributed by atoms with Crippen LogP contribution in [-0.4, -0.2) is 37.1 Å². The van der Waals surface area contributed by atoms with Crippen molar-refractivity contribution in [3.05, 3.63) is 131 Å². The molecule has 8 nitrogen and oxygen atoms in total. The van der Waals surface area contributed by atoms with E-state index >= 15 is 0 Å². The van der Waals surface area contributed by atoms with Crippen molar-refractivity contribution in [2.24, 2.45) is 5.73 Å². The summed E-state index contributed by atoms with van der Waals surface area (Å²) < 4.78 is 49.1. The standard InChI is InChI=1S/C19H22FNO3.C18H20FNO3.CH3I/c1-3-23-19(22)12-17(21-2)15-9-10-18(16(20)11-15)24-13-14-7-5-4-6-8-14;1-2-22-18(21)11-16(20)14-8-9-17(15(19)10-14)23-12-13-6-4-3-5-7-13;1-2/h4-11,17,21H,3,12-13H2,1-2H3;3-10,16H,2,11-12,20H2,1H3;1H3/t17-;16-;/m00./s1. The summed E-state index contributed by atoms with van der Waals surface area (Å²) in [6.45, 7) is 4.69. The normalized spacial score (nSPS) is 11.4. The molecule has 4 rings (SSSR count). The predicted octanol–water partition coefficient (Wildman–Crippen LogP) is 8.03. The van der Waals surface area contributed by atoms with E-state index in [0.29, 0.717) is 30.9 Å². The largest absolute Gasteiger partial charge is 0.486 e. The Labute approximate surface area is 301 Å². The lowest BCUT2D eigenvalue weighted by Crippen LogP contribution is -2.21. The maximum absolute atomic E-state index is 14.3. The lowest BCUT2D eigenvalue weighted by Gasteiger charge is -2.17. The first-order valence-corrected chi connectivity index (χ1v) is 17.9. The Morgan fingerprint density at radius 2 is 1.12 bits per heavy atom. The smallest absolute Gasteiger partial charge is 0.307 e. The van der Waals surface area contributed by atoms with E-state index in [1.54, 1.807) is 39.1 Å². The third-order valence-electron chi connectivity index (χ3n) is 6.93. The summed E-state index contributed by atoms with van der Waals surface area (Å²) in [5.74, 6) is -1.33. The van der Waals surface area contributed by atoms with Gasteiger partial charge in [-0.1, -0.05) is 95.4 Å². The van der Waals surface area contributed by atoms with Crippen molar-refractivity contribution in [1.29, 1.82) is 0 Å². The highest BCUT2D eigenvalue weighted by Crippen LogP contribution is 2.26. The molecule has 264 valence electrons. The number of nitrogens with one attached hydrogen (secondary N) is 1. The lowest BCUT2D eigenvalue weighted by atomic mass is 10.0. The van der Waals surface area contributed by atoms with Crippen LogP contribution < -0.4 is 20.5 Å². The van der Waals surface area contributed by atoms with Gasteiger partial charge in [0.2, 0.25) is 0 Å². The summed E-state index contributed by atoms with van der Waals surface area (Å²) in [5.41, 5.74) is 9.03. The molecule has 0 aliphatic carbocycles. The summed E-state index contributed by atoms with van der Waals surface area (Å²) in [6.07, 6.45) is 0.158. The van der Waals surface area contributed by atoms with Crippen LogP contribution in [0.15, 0.2) is 97.1 Å². The van der Waals surface area contributed by atoms with Crippen LogP contribution in [0.1, 0.15) is 61.0 Å². The van der Waals surface area contributed by atoms with E-state index < -0.39 is 23.6 Å². The van der Waals surface area contributed by atoms with Crippen LogP contribution in [0.2, 0.25) is 0 Å². The third-order valence-corrected chi connectivity index (χ3v) is 6.93. The van der Waals surface area contributed by atoms with Gasteiger partial charge < -0.3 is 30.0 Å². The van der Waals surface area contributed by atoms with Crippen molar-refractivity contribution >= 4 is 34.5 Å². The molecule has 2 atom stereocenters. The van der Waals surface area contributed by atoms with Crippen LogP contribution >= 0.6 is 22.6 Å². The molecule has 11 heteroatoms. The first kappa shape index (κ1) is 41.1. The topological polar surface area (TPSA) is 109 Å². The fourth-order valence-electron chi connectivity index (χ4n) is 4.48.